The summed E-state index contributed by atoms with van der Waals surface area (Å²) in [5.74, 6) is 0.819. The molecule has 0 saturated heterocycles. The lowest BCUT2D eigenvalue weighted by Gasteiger charge is -2.12. The molecule has 2 aromatic carbocycles. The highest BCUT2D eigenvalue weighted by Crippen LogP contribution is 2.29. The van der Waals surface area contributed by atoms with Gasteiger partial charge in [-0.05, 0) is 36.8 Å². The fourth-order valence-corrected chi connectivity index (χ4v) is 4.93. The third-order valence-electron chi connectivity index (χ3n) is 3.93. The maximum Gasteiger partial charge on any atom is 0.255 e. The SMILES string of the molecule is COc1cc(NC(=O)c2ccc(CSc3nc(C)cs3)cc2)ccc1NS(C)(=O)=O. The zero-order valence-corrected chi connectivity index (χ0v) is 19.1. The average molecular weight is 464 g/mol. The number of benzene rings is 2. The molecule has 0 unspecified atom stereocenters. The number of thiazole rings is 1. The van der Waals surface area contributed by atoms with Crippen molar-refractivity contribution in [2.24, 2.45) is 0 Å². The quantitative estimate of drug-likeness (QED) is 0.481. The molecular formula is C20H21N3O4S3. The van der Waals surface area contributed by atoms with Gasteiger partial charge >= 0.3 is 0 Å². The maximum atomic E-state index is 12.5. The Morgan fingerprint density at radius 3 is 2.53 bits per heavy atom. The summed E-state index contributed by atoms with van der Waals surface area (Å²) in [6.45, 7) is 1.97. The number of nitrogens with zero attached hydrogens (tertiary/aromatic N) is 1. The molecule has 30 heavy (non-hydrogen) atoms. The number of anilines is 2. The number of rotatable bonds is 8. The van der Waals surface area contributed by atoms with Crippen LogP contribution in [-0.4, -0.2) is 32.7 Å². The van der Waals surface area contributed by atoms with Gasteiger partial charge in [-0.2, -0.15) is 0 Å². The Bertz CT molecular complexity index is 1140. The predicted octanol–water partition coefficient (Wildman–Crippen LogP) is 4.38. The van der Waals surface area contributed by atoms with E-state index in [1.807, 2.05) is 24.4 Å². The Morgan fingerprint density at radius 1 is 1.20 bits per heavy atom. The molecule has 1 aromatic heterocycles. The van der Waals surface area contributed by atoms with Gasteiger partial charge in [0.25, 0.3) is 5.91 Å². The van der Waals surface area contributed by atoms with Crippen molar-refractivity contribution in [3.63, 3.8) is 0 Å². The van der Waals surface area contributed by atoms with Crippen molar-refractivity contribution >= 4 is 50.4 Å². The summed E-state index contributed by atoms with van der Waals surface area (Å²) in [6.07, 6.45) is 1.06. The highest BCUT2D eigenvalue weighted by atomic mass is 32.2. The van der Waals surface area contributed by atoms with Crippen LogP contribution in [0.2, 0.25) is 0 Å². The zero-order valence-electron chi connectivity index (χ0n) is 16.6. The minimum absolute atomic E-state index is 0.268. The molecule has 10 heteroatoms. The van der Waals surface area contributed by atoms with E-state index in [-0.39, 0.29) is 5.91 Å². The van der Waals surface area contributed by atoms with E-state index in [1.54, 1.807) is 47.4 Å². The third-order valence-corrected chi connectivity index (χ3v) is 6.73. The molecule has 158 valence electrons. The van der Waals surface area contributed by atoms with Crippen LogP contribution in [0, 0.1) is 6.92 Å². The molecule has 0 aliphatic heterocycles. The molecule has 3 rings (SSSR count). The number of amides is 1. The molecule has 0 saturated carbocycles. The van der Waals surface area contributed by atoms with Crippen LogP contribution in [0.4, 0.5) is 11.4 Å². The summed E-state index contributed by atoms with van der Waals surface area (Å²) in [6, 6.07) is 12.1. The molecule has 1 amide bonds. The summed E-state index contributed by atoms with van der Waals surface area (Å²) in [5.41, 5.74) is 3.43. The Morgan fingerprint density at radius 2 is 1.93 bits per heavy atom. The fraction of sp³-hybridized carbons (Fsp3) is 0.200. The van der Waals surface area contributed by atoms with E-state index in [9.17, 15) is 13.2 Å². The predicted molar refractivity (Wildman–Crippen MR) is 122 cm³/mol. The van der Waals surface area contributed by atoms with Gasteiger partial charge in [0.15, 0.2) is 0 Å². The van der Waals surface area contributed by atoms with Crippen LogP contribution in [0.3, 0.4) is 0 Å². The van der Waals surface area contributed by atoms with Gasteiger partial charge in [-0.3, -0.25) is 9.52 Å². The largest absolute Gasteiger partial charge is 0.494 e. The summed E-state index contributed by atoms with van der Waals surface area (Å²) in [5, 5.41) is 4.82. The Balaban J connectivity index is 1.64. The fourth-order valence-electron chi connectivity index (χ4n) is 2.55. The topological polar surface area (TPSA) is 97.4 Å². The number of carbonyl (C=O) groups excluding carboxylic acids is 1. The Hall–Kier alpha value is -2.56. The second kappa shape index (κ2) is 9.50. The number of sulfonamides is 1. The molecule has 0 fully saturated rings. The summed E-state index contributed by atoms with van der Waals surface area (Å²) < 4.78 is 31.5. The van der Waals surface area contributed by atoms with E-state index in [0.717, 1.165) is 27.6 Å². The number of nitrogens with one attached hydrogen (secondary N) is 2. The first-order chi connectivity index (χ1) is 14.2. The summed E-state index contributed by atoms with van der Waals surface area (Å²) in [4.78, 5) is 17.0. The number of hydrogen-bond donors (Lipinski definition) is 2. The Labute approximate surface area is 183 Å². The summed E-state index contributed by atoms with van der Waals surface area (Å²) in [7, 11) is -2.01. The van der Waals surface area contributed by atoms with Crippen molar-refractivity contribution in [2.45, 2.75) is 17.0 Å². The highest BCUT2D eigenvalue weighted by molar-refractivity contribution is 8.00. The Kier molecular flexibility index (Phi) is 7.01. The normalized spacial score (nSPS) is 11.2. The zero-order chi connectivity index (χ0) is 21.7. The number of aromatic nitrogens is 1. The first kappa shape index (κ1) is 22.1. The van der Waals surface area contributed by atoms with Crippen LogP contribution in [0.15, 0.2) is 52.2 Å². The number of hydrogen-bond acceptors (Lipinski definition) is 7. The number of carbonyl (C=O) groups is 1. The van der Waals surface area contributed by atoms with Crippen molar-refractivity contribution in [3.8, 4) is 5.75 Å². The molecular weight excluding hydrogens is 442 g/mol. The van der Waals surface area contributed by atoms with Gasteiger partial charge in [0, 0.05) is 34.1 Å². The van der Waals surface area contributed by atoms with Crippen molar-refractivity contribution in [1.82, 2.24) is 4.98 Å². The smallest absolute Gasteiger partial charge is 0.255 e. The van der Waals surface area contributed by atoms with E-state index in [1.165, 1.54) is 13.2 Å². The molecule has 2 N–H and O–H groups in total. The van der Waals surface area contributed by atoms with E-state index in [0.29, 0.717) is 22.7 Å². The first-order valence-electron chi connectivity index (χ1n) is 8.84. The number of aryl methyl sites for hydroxylation is 1. The molecule has 0 bridgehead atoms. The van der Waals surface area contributed by atoms with Crippen LogP contribution >= 0.6 is 23.1 Å². The van der Waals surface area contributed by atoms with Crippen molar-refractivity contribution in [1.29, 1.82) is 0 Å². The molecule has 0 aliphatic rings. The van der Waals surface area contributed by atoms with Crippen LogP contribution < -0.4 is 14.8 Å². The summed E-state index contributed by atoms with van der Waals surface area (Å²) >= 11 is 3.29. The molecule has 0 spiro atoms. The highest BCUT2D eigenvalue weighted by Gasteiger charge is 2.12. The van der Waals surface area contributed by atoms with Gasteiger partial charge in [-0.1, -0.05) is 23.9 Å². The number of thioether (sulfide) groups is 1. The van der Waals surface area contributed by atoms with Crippen molar-refractivity contribution < 1.29 is 17.9 Å². The lowest BCUT2D eigenvalue weighted by molar-refractivity contribution is 0.102. The molecule has 0 aliphatic carbocycles. The van der Waals surface area contributed by atoms with E-state index in [4.69, 9.17) is 4.74 Å². The van der Waals surface area contributed by atoms with Gasteiger partial charge in [-0.15, -0.1) is 11.3 Å². The van der Waals surface area contributed by atoms with E-state index < -0.39 is 10.0 Å². The van der Waals surface area contributed by atoms with Crippen LogP contribution in [0.1, 0.15) is 21.6 Å². The van der Waals surface area contributed by atoms with Crippen LogP contribution in [0.5, 0.6) is 5.75 Å². The van der Waals surface area contributed by atoms with E-state index >= 15 is 0 Å². The van der Waals surface area contributed by atoms with Gasteiger partial charge in [-0.25, -0.2) is 13.4 Å². The van der Waals surface area contributed by atoms with Gasteiger partial charge in [0.1, 0.15) is 10.1 Å². The minimum Gasteiger partial charge on any atom is -0.494 e. The van der Waals surface area contributed by atoms with Crippen molar-refractivity contribution in [2.75, 3.05) is 23.4 Å². The lowest BCUT2D eigenvalue weighted by Crippen LogP contribution is -2.13. The minimum atomic E-state index is -3.44. The van der Waals surface area contributed by atoms with Crippen LogP contribution in [0.25, 0.3) is 0 Å². The second-order valence-corrected chi connectivity index (χ2v) is 10.3. The molecule has 0 radical (unpaired) electrons. The molecule has 3 aromatic rings. The molecule has 0 atom stereocenters. The van der Waals surface area contributed by atoms with Gasteiger partial charge < -0.3 is 10.1 Å². The van der Waals surface area contributed by atoms with E-state index in [2.05, 4.69) is 15.0 Å². The number of ether oxygens (including phenoxy) is 1. The number of methoxy groups -OCH3 is 1. The molecule has 1 heterocycles. The lowest BCUT2D eigenvalue weighted by atomic mass is 10.1. The average Bonchev–Trinajstić information content (AvgIpc) is 3.12. The van der Waals surface area contributed by atoms with Gasteiger partial charge in [0.2, 0.25) is 10.0 Å². The van der Waals surface area contributed by atoms with Crippen LogP contribution in [-0.2, 0) is 15.8 Å². The third kappa shape index (κ3) is 6.22. The standard InChI is InChI=1S/C20H21N3O4S3/c1-13-11-28-20(21-13)29-12-14-4-6-15(7-5-14)19(24)22-16-8-9-17(18(10-16)27-2)23-30(3,25)26/h4-11,23H,12H2,1-3H3,(H,22,24). The second-order valence-electron chi connectivity index (χ2n) is 6.48. The maximum absolute atomic E-state index is 12.5. The monoisotopic (exact) mass is 463 g/mol. The van der Waals surface area contributed by atoms with Gasteiger partial charge in [0.05, 0.1) is 19.1 Å². The van der Waals surface area contributed by atoms with Crippen molar-refractivity contribution in [3.05, 3.63) is 64.7 Å². The first-order valence-corrected chi connectivity index (χ1v) is 12.6. The molecule has 7 nitrogen and oxygen atoms in total.